The molecule has 4 heteroatoms. The van der Waals surface area contributed by atoms with Crippen molar-refractivity contribution < 1.29 is 4.74 Å². The molecule has 18 heavy (non-hydrogen) atoms. The molecule has 0 saturated heterocycles. The Labute approximate surface area is 112 Å². The molecule has 0 aliphatic heterocycles. The lowest BCUT2D eigenvalue weighted by atomic mass is 9.90. The Balaban J connectivity index is 2.02. The fourth-order valence-electron chi connectivity index (χ4n) is 2.00. The van der Waals surface area contributed by atoms with Crippen molar-refractivity contribution in [2.75, 3.05) is 7.11 Å². The van der Waals surface area contributed by atoms with Crippen LogP contribution in [0.25, 0.3) is 0 Å². The van der Waals surface area contributed by atoms with E-state index in [1.807, 2.05) is 23.8 Å². The molecule has 0 aliphatic rings. The molecule has 0 saturated carbocycles. The molecule has 0 amide bonds. The third-order valence-corrected chi connectivity index (χ3v) is 3.61. The predicted molar refractivity (Wildman–Crippen MR) is 75.1 cm³/mol. The van der Waals surface area contributed by atoms with E-state index in [9.17, 15) is 0 Å². The van der Waals surface area contributed by atoms with Gasteiger partial charge in [0.25, 0.3) is 0 Å². The molecule has 0 aliphatic carbocycles. The fraction of sp³-hybridized carbons (Fsp3) is 0.357. The van der Waals surface area contributed by atoms with Crippen molar-refractivity contribution >= 4 is 11.3 Å². The minimum absolute atomic E-state index is 0.249. The number of nitrogens with two attached hydrogens (primary N) is 1. The number of aromatic nitrogens is 1. The van der Waals surface area contributed by atoms with Gasteiger partial charge in [0.1, 0.15) is 5.75 Å². The molecule has 2 aromatic rings. The Morgan fingerprint density at radius 2 is 2.00 bits per heavy atom. The van der Waals surface area contributed by atoms with E-state index in [1.165, 1.54) is 10.4 Å². The summed E-state index contributed by atoms with van der Waals surface area (Å²) in [6.07, 6.45) is 3.59. The highest BCUT2D eigenvalue weighted by Crippen LogP contribution is 2.20. The van der Waals surface area contributed by atoms with E-state index in [1.54, 1.807) is 18.4 Å². The second-order valence-electron chi connectivity index (χ2n) is 4.82. The summed E-state index contributed by atoms with van der Waals surface area (Å²) >= 11 is 1.66. The van der Waals surface area contributed by atoms with Crippen LogP contribution in [0.2, 0.25) is 0 Å². The van der Waals surface area contributed by atoms with E-state index < -0.39 is 0 Å². The van der Waals surface area contributed by atoms with Gasteiger partial charge < -0.3 is 10.5 Å². The summed E-state index contributed by atoms with van der Waals surface area (Å²) < 4.78 is 5.15. The van der Waals surface area contributed by atoms with Crippen molar-refractivity contribution in [2.45, 2.75) is 25.3 Å². The summed E-state index contributed by atoms with van der Waals surface area (Å²) in [5.41, 5.74) is 9.18. The van der Waals surface area contributed by atoms with Gasteiger partial charge in [-0.25, -0.2) is 0 Å². The summed E-state index contributed by atoms with van der Waals surface area (Å²) in [5, 5.41) is 0. The van der Waals surface area contributed by atoms with Crippen molar-refractivity contribution in [1.29, 1.82) is 0 Å². The zero-order valence-electron chi connectivity index (χ0n) is 10.7. The van der Waals surface area contributed by atoms with E-state index >= 15 is 0 Å². The zero-order chi connectivity index (χ0) is 13.0. The molecule has 96 valence electrons. The molecule has 0 fully saturated rings. The van der Waals surface area contributed by atoms with Crippen LogP contribution < -0.4 is 10.5 Å². The van der Waals surface area contributed by atoms with Gasteiger partial charge in [-0.2, -0.15) is 0 Å². The van der Waals surface area contributed by atoms with Crippen LogP contribution in [-0.2, 0) is 12.8 Å². The third-order valence-electron chi connectivity index (χ3n) is 2.83. The number of nitrogens with zero attached hydrogens (tertiary/aromatic N) is 1. The normalized spacial score (nSPS) is 14.2. The first-order chi connectivity index (χ1) is 8.59. The maximum Gasteiger partial charge on any atom is 0.118 e. The molecular weight excluding hydrogens is 244 g/mol. The van der Waals surface area contributed by atoms with Crippen molar-refractivity contribution in [3.8, 4) is 5.75 Å². The number of ether oxygens (including phenoxy) is 1. The second-order valence-corrected chi connectivity index (χ2v) is 5.79. The van der Waals surface area contributed by atoms with Gasteiger partial charge in [0.2, 0.25) is 0 Å². The van der Waals surface area contributed by atoms with Gasteiger partial charge in [-0.05, 0) is 31.0 Å². The quantitative estimate of drug-likeness (QED) is 0.901. The van der Waals surface area contributed by atoms with Gasteiger partial charge in [0, 0.05) is 23.0 Å². The fourth-order valence-corrected chi connectivity index (χ4v) is 2.79. The van der Waals surface area contributed by atoms with Gasteiger partial charge in [0.15, 0.2) is 0 Å². The Kier molecular flexibility index (Phi) is 3.99. The molecular formula is C14H18N2OS. The van der Waals surface area contributed by atoms with Crippen molar-refractivity contribution in [3.63, 3.8) is 0 Å². The van der Waals surface area contributed by atoms with Crippen molar-refractivity contribution in [1.82, 2.24) is 4.98 Å². The summed E-state index contributed by atoms with van der Waals surface area (Å²) in [4.78, 5) is 5.31. The number of hydrogen-bond donors (Lipinski definition) is 1. The Bertz CT molecular complexity index is 477. The van der Waals surface area contributed by atoms with Crippen molar-refractivity contribution in [2.24, 2.45) is 5.73 Å². The number of thiazole rings is 1. The first-order valence-electron chi connectivity index (χ1n) is 5.88. The molecule has 1 heterocycles. The van der Waals surface area contributed by atoms with Crippen LogP contribution in [0.3, 0.4) is 0 Å². The standard InChI is InChI=1S/C14H18N2OS/c1-14(15,8-13-9-16-10-18-13)7-11-3-5-12(17-2)6-4-11/h3-6,9-10H,7-8,15H2,1-2H3. The first kappa shape index (κ1) is 13.1. The summed E-state index contributed by atoms with van der Waals surface area (Å²) in [6, 6.07) is 8.07. The zero-order valence-corrected chi connectivity index (χ0v) is 11.5. The van der Waals surface area contributed by atoms with E-state index in [0.717, 1.165) is 18.6 Å². The number of methoxy groups -OCH3 is 1. The number of rotatable bonds is 5. The lowest BCUT2D eigenvalue weighted by Crippen LogP contribution is -2.40. The topological polar surface area (TPSA) is 48.1 Å². The van der Waals surface area contributed by atoms with E-state index in [-0.39, 0.29) is 5.54 Å². The average molecular weight is 262 g/mol. The average Bonchev–Trinajstić information content (AvgIpc) is 2.81. The van der Waals surface area contributed by atoms with Crippen LogP contribution in [0.1, 0.15) is 17.4 Å². The summed E-state index contributed by atoms with van der Waals surface area (Å²) in [5.74, 6) is 0.875. The Hall–Kier alpha value is -1.39. The minimum atomic E-state index is -0.249. The SMILES string of the molecule is COc1ccc(CC(C)(N)Cc2cncs2)cc1. The monoisotopic (exact) mass is 262 g/mol. The van der Waals surface area contributed by atoms with Crippen LogP contribution in [-0.4, -0.2) is 17.6 Å². The van der Waals surface area contributed by atoms with Crippen LogP contribution in [0.15, 0.2) is 36.0 Å². The van der Waals surface area contributed by atoms with Crippen molar-refractivity contribution in [3.05, 3.63) is 46.4 Å². The molecule has 0 spiro atoms. The van der Waals surface area contributed by atoms with Gasteiger partial charge in [0.05, 0.1) is 12.6 Å². The molecule has 3 nitrogen and oxygen atoms in total. The molecule has 1 atom stereocenters. The third kappa shape index (κ3) is 3.55. The molecule has 1 aromatic carbocycles. The number of hydrogen-bond acceptors (Lipinski definition) is 4. The lowest BCUT2D eigenvalue weighted by Gasteiger charge is -2.24. The van der Waals surface area contributed by atoms with Gasteiger partial charge in [-0.1, -0.05) is 12.1 Å². The molecule has 2 N–H and O–H groups in total. The van der Waals surface area contributed by atoms with Crippen LogP contribution >= 0.6 is 11.3 Å². The van der Waals surface area contributed by atoms with E-state index in [4.69, 9.17) is 10.5 Å². The Morgan fingerprint density at radius 1 is 1.28 bits per heavy atom. The lowest BCUT2D eigenvalue weighted by molar-refractivity contribution is 0.414. The largest absolute Gasteiger partial charge is 0.497 e. The van der Waals surface area contributed by atoms with Gasteiger partial charge in [-0.15, -0.1) is 11.3 Å². The number of benzene rings is 1. The minimum Gasteiger partial charge on any atom is -0.497 e. The smallest absolute Gasteiger partial charge is 0.118 e. The first-order valence-corrected chi connectivity index (χ1v) is 6.76. The van der Waals surface area contributed by atoms with E-state index in [0.29, 0.717) is 0 Å². The van der Waals surface area contributed by atoms with Crippen LogP contribution in [0, 0.1) is 0 Å². The van der Waals surface area contributed by atoms with Gasteiger partial charge in [-0.3, -0.25) is 4.98 Å². The van der Waals surface area contributed by atoms with Gasteiger partial charge >= 0.3 is 0 Å². The maximum atomic E-state index is 6.36. The van der Waals surface area contributed by atoms with Crippen LogP contribution in [0.5, 0.6) is 5.75 Å². The van der Waals surface area contributed by atoms with Crippen LogP contribution in [0.4, 0.5) is 0 Å². The molecule has 1 unspecified atom stereocenters. The molecule has 1 aromatic heterocycles. The Morgan fingerprint density at radius 3 is 2.56 bits per heavy atom. The predicted octanol–water partition coefficient (Wildman–Crippen LogP) is 2.65. The molecule has 0 radical (unpaired) electrons. The highest BCUT2D eigenvalue weighted by atomic mass is 32.1. The maximum absolute atomic E-state index is 6.36. The highest BCUT2D eigenvalue weighted by Gasteiger charge is 2.20. The highest BCUT2D eigenvalue weighted by molar-refractivity contribution is 7.09. The molecule has 0 bridgehead atoms. The second kappa shape index (κ2) is 5.50. The van der Waals surface area contributed by atoms with E-state index in [2.05, 4.69) is 24.0 Å². The summed E-state index contributed by atoms with van der Waals surface area (Å²) in [6.45, 7) is 2.08. The molecule has 2 rings (SSSR count). The summed E-state index contributed by atoms with van der Waals surface area (Å²) in [7, 11) is 1.67.